The molecule has 1 rings (SSSR count). The summed E-state index contributed by atoms with van der Waals surface area (Å²) in [4.78, 5) is 2.42. The van der Waals surface area contributed by atoms with Gasteiger partial charge in [-0.2, -0.15) is 0 Å². The molecule has 0 bridgehead atoms. The quantitative estimate of drug-likeness (QED) is 0.718. The van der Waals surface area contributed by atoms with E-state index in [-0.39, 0.29) is 0 Å². The van der Waals surface area contributed by atoms with Crippen molar-refractivity contribution in [3.05, 3.63) is 0 Å². The molecule has 1 aliphatic rings. The van der Waals surface area contributed by atoms with Crippen LogP contribution in [-0.4, -0.2) is 42.3 Å². The monoisotopic (exact) mass is 242 g/mol. The number of aliphatic hydroxyl groups is 1. The average Bonchev–Trinajstić information content (AvgIpc) is 2.30. The first kappa shape index (κ1) is 14.9. The maximum Gasteiger partial charge on any atom is 0.0741 e. The van der Waals surface area contributed by atoms with Crippen molar-refractivity contribution in [3.63, 3.8) is 0 Å². The van der Waals surface area contributed by atoms with Gasteiger partial charge in [0.1, 0.15) is 0 Å². The highest BCUT2D eigenvalue weighted by Gasteiger charge is 2.18. The van der Waals surface area contributed by atoms with Crippen LogP contribution in [0.1, 0.15) is 51.9 Å². The van der Waals surface area contributed by atoms with E-state index in [0.29, 0.717) is 6.54 Å². The molecule has 1 unspecified atom stereocenters. The second-order valence-electron chi connectivity index (χ2n) is 6.07. The van der Waals surface area contributed by atoms with Crippen LogP contribution < -0.4 is 5.73 Å². The lowest BCUT2D eigenvalue weighted by atomic mass is 9.89. The van der Waals surface area contributed by atoms with E-state index in [1.165, 1.54) is 38.6 Å². The van der Waals surface area contributed by atoms with Crippen LogP contribution in [0.15, 0.2) is 0 Å². The van der Waals surface area contributed by atoms with Gasteiger partial charge in [0, 0.05) is 13.1 Å². The van der Waals surface area contributed by atoms with Gasteiger partial charge in [-0.3, -0.25) is 0 Å². The summed E-state index contributed by atoms with van der Waals surface area (Å²) in [5, 5.41) is 9.81. The van der Waals surface area contributed by atoms with Crippen LogP contribution in [-0.2, 0) is 0 Å². The van der Waals surface area contributed by atoms with E-state index < -0.39 is 5.60 Å². The minimum absolute atomic E-state index is 0.360. The summed E-state index contributed by atoms with van der Waals surface area (Å²) in [5.74, 6) is 0.906. The number of nitrogens with zero attached hydrogens (tertiary/aromatic N) is 1. The Morgan fingerprint density at radius 3 is 2.53 bits per heavy atom. The summed E-state index contributed by atoms with van der Waals surface area (Å²) < 4.78 is 0. The molecule has 0 aromatic heterocycles. The molecule has 0 amide bonds. The molecule has 0 saturated heterocycles. The summed E-state index contributed by atoms with van der Waals surface area (Å²) in [6.45, 7) is 4.49. The lowest BCUT2D eigenvalue weighted by Gasteiger charge is -2.28. The van der Waals surface area contributed by atoms with Gasteiger partial charge in [-0.1, -0.05) is 19.3 Å². The van der Waals surface area contributed by atoms with Gasteiger partial charge < -0.3 is 15.7 Å². The Labute approximate surface area is 106 Å². The standard InChI is InChI=1S/C14H30N2O/c1-14(17,12-15)9-6-10-16(2)11-13-7-4-3-5-8-13/h13,17H,3-12,15H2,1-2H3. The molecule has 1 aliphatic carbocycles. The third-order valence-corrected chi connectivity index (χ3v) is 3.99. The Balaban J connectivity index is 2.10. The highest BCUT2D eigenvalue weighted by atomic mass is 16.3. The predicted octanol–water partition coefficient (Wildman–Crippen LogP) is 1.99. The summed E-state index contributed by atoms with van der Waals surface area (Å²) in [6, 6.07) is 0. The van der Waals surface area contributed by atoms with Crippen LogP contribution in [0.3, 0.4) is 0 Å². The second-order valence-corrected chi connectivity index (χ2v) is 6.07. The zero-order chi connectivity index (χ0) is 12.7. The van der Waals surface area contributed by atoms with Crippen LogP contribution >= 0.6 is 0 Å². The van der Waals surface area contributed by atoms with Crippen molar-refractivity contribution in [2.45, 2.75) is 57.5 Å². The van der Waals surface area contributed by atoms with Crippen LogP contribution in [0.4, 0.5) is 0 Å². The van der Waals surface area contributed by atoms with Crippen molar-refractivity contribution in [1.29, 1.82) is 0 Å². The number of rotatable bonds is 7. The molecule has 0 radical (unpaired) electrons. The molecule has 17 heavy (non-hydrogen) atoms. The molecule has 0 aromatic carbocycles. The SMILES string of the molecule is CN(CCCC(C)(O)CN)CC1CCCCC1. The van der Waals surface area contributed by atoms with Gasteiger partial charge in [0.25, 0.3) is 0 Å². The molecular weight excluding hydrogens is 212 g/mol. The van der Waals surface area contributed by atoms with Crippen molar-refractivity contribution in [1.82, 2.24) is 4.90 Å². The largest absolute Gasteiger partial charge is 0.389 e. The first-order valence-corrected chi connectivity index (χ1v) is 7.14. The summed E-state index contributed by atoms with van der Waals surface area (Å²) in [7, 11) is 2.20. The Morgan fingerprint density at radius 2 is 1.94 bits per heavy atom. The topological polar surface area (TPSA) is 49.5 Å². The number of nitrogens with two attached hydrogens (primary N) is 1. The molecule has 0 heterocycles. The lowest BCUT2D eigenvalue weighted by molar-refractivity contribution is 0.0546. The van der Waals surface area contributed by atoms with Gasteiger partial charge in [0.15, 0.2) is 0 Å². The molecule has 1 saturated carbocycles. The van der Waals surface area contributed by atoms with Crippen LogP contribution in [0, 0.1) is 5.92 Å². The molecule has 1 atom stereocenters. The maximum atomic E-state index is 9.81. The van der Waals surface area contributed by atoms with E-state index in [0.717, 1.165) is 25.3 Å². The number of hydrogen-bond acceptors (Lipinski definition) is 3. The minimum Gasteiger partial charge on any atom is -0.389 e. The number of hydrogen-bond donors (Lipinski definition) is 2. The molecular formula is C14H30N2O. The average molecular weight is 242 g/mol. The van der Waals surface area contributed by atoms with Crippen molar-refractivity contribution < 1.29 is 5.11 Å². The molecule has 0 aromatic rings. The summed E-state index contributed by atoms with van der Waals surface area (Å²) in [6.07, 6.45) is 8.92. The van der Waals surface area contributed by atoms with Crippen molar-refractivity contribution >= 4 is 0 Å². The predicted molar refractivity (Wildman–Crippen MR) is 73.0 cm³/mol. The minimum atomic E-state index is -0.675. The van der Waals surface area contributed by atoms with Crippen LogP contribution in [0.5, 0.6) is 0 Å². The molecule has 0 spiro atoms. The fraction of sp³-hybridized carbons (Fsp3) is 1.00. The molecule has 3 N–H and O–H groups in total. The maximum absolute atomic E-state index is 9.81. The van der Waals surface area contributed by atoms with E-state index >= 15 is 0 Å². The molecule has 3 heteroatoms. The third-order valence-electron chi connectivity index (χ3n) is 3.99. The Hall–Kier alpha value is -0.120. The van der Waals surface area contributed by atoms with E-state index in [2.05, 4.69) is 11.9 Å². The second kappa shape index (κ2) is 7.34. The van der Waals surface area contributed by atoms with Gasteiger partial charge in [-0.05, 0) is 52.1 Å². The van der Waals surface area contributed by atoms with Crippen LogP contribution in [0.2, 0.25) is 0 Å². The Morgan fingerprint density at radius 1 is 1.29 bits per heavy atom. The van der Waals surface area contributed by atoms with E-state index in [1.807, 2.05) is 6.92 Å². The molecule has 3 nitrogen and oxygen atoms in total. The van der Waals surface area contributed by atoms with E-state index in [4.69, 9.17) is 5.73 Å². The van der Waals surface area contributed by atoms with Crippen molar-refractivity contribution in [3.8, 4) is 0 Å². The smallest absolute Gasteiger partial charge is 0.0741 e. The normalized spacial score (nSPS) is 21.7. The molecule has 1 fully saturated rings. The van der Waals surface area contributed by atoms with E-state index in [1.54, 1.807) is 0 Å². The van der Waals surface area contributed by atoms with Crippen molar-refractivity contribution in [2.24, 2.45) is 11.7 Å². The fourth-order valence-corrected chi connectivity index (χ4v) is 2.73. The van der Waals surface area contributed by atoms with Gasteiger partial charge in [0.2, 0.25) is 0 Å². The zero-order valence-corrected chi connectivity index (χ0v) is 11.6. The van der Waals surface area contributed by atoms with Gasteiger partial charge >= 0.3 is 0 Å². The summed E-state index contributed by atoms with van der Waals surface area (Å²) in [5.41, 5.74) is 4.83. The molecule has 0 aliphatic heterocycles. The lowest BCUT2D eigenvalue weighted by Crippen LogP contribution is -2.35. The highest BCUT2D eigenvalue weighted by molar-refractivity contribution is 4.74. The highest BCUT2D eigenvalue weighted by Crippen LogP contribution is 2.24. The Kier molecular flexibility index (Phi) is 6.45. The van der Waals surface area contributed by atoms with E-state index in [9.17, 15) is 5.11 Å². The fourth-order valence-electron chi connectivity index (χ4n) is 2.73. The first-order valence-electron chi connectivity index (χ1n) is 7.14. The van der Waals surface area contributed by atoms with Gasteiger partial charge in [0.05, 0.1) is 5.60 Å². The van der Waals surface area contributed by atoms with Gasteiger partial charge in [-0.15, -0.1) is 0 Å². The van der Waals surface area contributed by atoms with Crippen LogP contribution in [0.25, 0.3) is 0 Å². The molecule has 102 valence electrons. The van der Waals surface area contributed by atoms with Gasteiger partial charge in [-0.25, -0.2) is 0 Å². The van der Waals surface area contributed by atoms with Crippen molar-refractivity contribution in [2.75, 3.05) is 26.7 Å². The zero-order valence-electron chi connectivity index (χ0n) is 11.6. The first-order chi connectivity index (χ1) is 8.03. The Bertz CT molecular complexity index is 200. The summed E-state index contributed by atoms with van der Waals surface area (Å²) >= 11 is 0. The third kappa shape index (κ3) is 6.39.